The SMILES string of the molecule is CC(=C/C(=O)O)/C=C/c1ccccc1[N+](=O)[O-]. The van der Waals surface area contributed by atoms with Crippen LogP contribution in [0.2, 0.25) is 0 Å². The minimum atomic E-state index is -1.05. The van der Waals surface area contributed by atoms with Crippen molar-refractivity contribution in [3.05, 3.63) is 57.7 Å². The van der Waals surface area contributed by atoms with Gasteiger partial charge in [-0.05, 0) is 24.6 Å². The molecule has 0 amide bonds. The molecule has 0 aliphatic carbocycles. The van der Waals surface area contributed by atoms with Crippen molar-refractivity contribution < 1.29 is 14.8 Å². The summed E-state index contributed by atoms with van der Waals surface area (Å²) in [5.74, 6) is -1.05. The topological polar surface area (TPSA) is 80.4 Å². The fourth-order valence-electron chi connectivity index (χ4n) is 1.26. The fraction of sp³-hybridized carbons (Fsp3) is 0.0833. The molecule has 0 aliphatic heterocycles. The van der Waals surface area contributed by atoms with Gasteiger partial charge < -0.3 is 5.11 Å². The highest BCUT2D eigenvalue weighted by Crippen LogP contribution is 2.19. The lowest BCUT2D eigenvalue weighted by Gasteiger charge is -1.96. The number of hydrogen-bond donors (Lipinski definition) is 1. The number of nitro benzene ring substituents is 1. The zero-order valence-electron chi connectivity index (χ0n) is 9.16. The Morgan fingerprint density at radius 3 is 2.65 bits per heavy atom. The quantitative estimate of drug-likeness (QED) is 0.375. The molecule has 5 nitrogen and oxygen atoms in total. The molecule has 0 fully saturated rings. The van der Waals surface area contributed by atoms with Gasteiger partial charge in [-0.3, -0.25) is 10.1 Å². The van der Waals surface area contributed by atoms with E-state index in [2.05, 4.69) is 0 Å². The lowest BCUT2D eigenvalue weighted by Crippen LogP contribution is -1.91. The van der Waals surface area contributed by atoms with Crippen molar-refractivity contribution in [2.75, 3.05) is 0 Å². The van der Waals surface area contributed by atoms with E-state index in [1.165, 1.54) is 18.2 Å². The van der Waals surface area contributed by atoms with Crippen molar-refractivity contribution in [2.24, 2.45) is 0 Å². The monoisotopic (exact) mass is 233 g/mol. The molecule has 0 aliphatic rings. The van der Waals surface area contributed by atoms with Gasteiger partial charge in [0.05, 0.1) is 10.5 Å². The molecule has 0 saturated heterocycles. The Morgan fingerprint density at radius 1 is 1.41 bits per heavy atom. The molecular formula is C12H11NO4. The average molecular weight is 233 g/mol. The molecule has 88 valence electrons. The largest absolute Gasteiger partial charge is 0.478 e. The van der Waals surface area contributed by atoms with E-state index in [1.807, 2.05) is 0 Å². The summed E-state index contributed by atoms with van der Waals surface area (Å²) in [5, 5.41) is 19.2. The number of carbonyl (C=O) groups is 1. The maximum atomic E-state index is 10.7. The van der Waals surface area contributed by atoms with Crippen molar-refractivity contribution in [3.8, 4) is 0 Å². The Balaban J connectivity index is 2.99. The van der Waals surface area contributed by atoms with Gasteiger partial charge in [0.1, 0.15) is 0 Å². The van der Waals surface area contributed by atoms with E-state index in [9.17, 15) is 14.9 Å². The molecule has 5 heteroatoms. The smallest absolute Gasteiger partial charge is 0.328 e. The van der Waals surface area contributed by atoms with Crippen LogP contribution in [0.3, 0.4) is 0 Å². The number of carboxylic acids is 1. The Morgan fingerprint density at radius 2 is 2.06 bits per heavy atom. The summed E-state index contributed by atoms with van der Waals surface area (Å²) in [6.45, 7) is 1.61. The molecule has 0 atom stereocenters. The number of nitro groups is 1. The summed E-state index contributed by atoms with van der Waals surface area (Å²) >= 11 is 0. The van der Waals surface area contributed by atoms with Crippen LogP contribution in [0.15, 0.2) is 42.0 Å². The predicted octanol–water partition coefficient (Wildman–Crippen LogP) is 2.64. The van der Waals surface area contributed by atoms with E-state index in [-0.39, 0.29) is 5.69 Å². The average Bonchev–Trinajstić information content (AvgIpc) is 2.25. The van der Waals surface area contributed by atoms with Gasteiger partial charge >= 0.3 is 5.97 Å². The van der Waals surface area contributed by atoms with Crippen LogP contribution in [0.4, 0.5) is 5.69 Å². The molecule has 0 spiro atoms. The number of rotatable bonds is 4. The number of allylic oxidation sites excluding steroid dienone is 2. The first-order valence-electron chi connectivity index (χ1n) is 4.83. The van der Waals surface area contributed by atoms with E-state index in [1.54, 1.807) is 25.1 Å². The van der Waals surface area contributed by atoms with Crippen molar-refractivity contribution in [1.29, 1.82) is 0 Å². The third kappa shape index (κ3) is 3.90. The highest BCUT2D eigenvalue weighted by Gasteiger charge is 2.08. The first kappa shape index (κ1) is 12.6. The van der Waals surface area contributed by atoms with Crippen molar-refractivity contribution >= 4 is 17.7 Å². The molecule has 1 N–H and O–H groups in total. The second-order valence-corrected chi connectivity index (χ2v) is 3.38. The Labute approximate surface area is 97.9 Å². The molecule has 0 heterocycles. The van der Waals surface area contributed by atoms with Gasteiger partial charge in [0.25, 0.3) is 5.69 Å². The first-order chi connectivity index (χ1) is 8.00. The third-order valence-electron chi connectivity index (χ3n) is 2.01. The third-order valence-corrected chi connectivity index (χ3v) is 2.01. The summed E-state index contributed by atoms with van der Waals surface area (Å²) in [6, 6.07) is 6.26. The van der Waals surface area contributed by atoms with Gasteiger partial charge in [0.15, 0.2) is 0 Å². The van der Waals surface area contributed by atoms with E-state index in [0.717, 1.165) is 6.08 Å². The van der Waals surface area contributed by atoms with Crippen LogP contribution in [0.1, 0.15) is 12.5 Å². The number of benzene rings is 1. The number of carboxylic acid groups (broad SMARTS) is 1. The van der Waals surface area contributed by atoms with Crippen LogP contribution in [0.25, 0.3) is 6.08 Å². The summed E-state index contributed by atoms with van der Waals surface area (Å²) in [4.78, 5) is 20.6. The molecule has 1 aromatic rings. The fourth-order valence-corrected chi connectivity index (χ4v) is 1.26. The maximum absolute atomic E-state index is 10.7. The number of aliphatic carboxylic acids is 1. The van der Waals surface area contributed by atoms with E-state index in [0.29, 0.717) is 11.1 Å². The molecule has 0 bridgehead atoms. The number of nitrogens with zero attached hydrogens (tertiary/aromatic N) is 1. The summed E-state index contributed by atoms with van der Waals surface area (Å²) < 4.78 is 0. The van der Waals surface area contributed by atoms with Gasteiger partial charge in [-0.1, -0.05) is 18.2 Å². The van der Waals surface area contributed by atoms with Crippen LogP contribution in [0, 0.1) is 10.1 Å². The number of hydrogen-bond acceptors (Lipinski definition) is 3. The molecular weight excluding hydrogens is 222 g/mol. The lowest BCUT2D eigenvalue weighted by atomic mass is 10.1. The van der Waals surface area contributed by atoms with E-state index < -0.39 is 10.9 Å². The van der Waals surface area contributed by atoms with Crippen LogP contribution in [0.5, 0.6) is 0 Å². The highest BCUT2D eigenvalue weighted by atomic mass is 16.6. The zero-order valence-corrected chi connectivity index (χ0v) is 9.16. The van der Waals surface area contributed by atoms with Crippen molar-refractivity contribution in [3.63, 3.8) is 0 Å². The van der Waals surface area contributed by atoms with Crippen LogP contribution in [-0.2, 0) is 4.79 Å². The Hall–Kier alpha value is -2.43. The molecule has 17 heavy (non-hydrogen) atoms. The predicted molar refractivity (Wildman–Crippen MR) is 63.5 cm³/mol. The molecule has 0 unspecified atom stereocenters. The van der Waals surface area contributed by atoms with E-state index in [4.69, 9.17) is 5.11 Å². The molecule has 1 aromatic carbocycles. The number of para-hydroxylation sites is 1. The van der Waals surface area contributed by atoms with Crippen LogP contribution < -0.4 is 0 Å². The molecule has 0 radical (unpaired) electrons. The second kappa shape index (κ2) is 5.60. The minimum Gasteiger partial charge on any atom is -0.478 e. The highest BCUT2D eigenvalue weighted by molar-refractivity contribution is 5.81. The van der Waals surface area contributed by atoms with Crippen molar-refractivity contribution in [2.45, 2.75) is 6.92 Å². The van der Waals surface area contributed by atoms with Gasteiger partial charge in [-0.25, -0.2) is 4.79 Å². The lowest BCUT2D eigenvalue weighted by molar-refractivity contribution is -0.385. The van der Waals surface area contributed by atoms with Gasteiger partial charge in [0.2, 0.25) is 0 Å². The summed E-state index contributed by atoms with van der Waals surface area (Å²) in [6.07, 6.45) is 4.08. The van der Waals surface area contributed by atoms with Crippen LogP contribution in [-0.4, -0.2) is 16.0 Å². The second-order valence-electron chi connectivity index (χ2n) is 3.38. The molecule has 0 aromatic heterocycles. The maximum Gasteiger partial charge on any atom is 0.328 e. The Bertz CT molecular complexity index is 503. The van der Waals surface area contributed by atoms with Gasteiger partial charge in [0, 0.05) is 12.1 Å². The van der Waals surface area contributed by atoms with Crippen LogP contribution >= 0.6 is 0 Å². The summed E-state index contributed by atoms with van der Waals surface area (Å²) in [5.41, 5.74) is 0.943. The molecule has 1 rings (SSSR count). The Kier molecular flexibility index (Phi) is 4.16. The first-order valence-corrected chi connectivity index (χ1v) is 4.83. The van der Waals surface area contributed by atoms with Gasteiger partial charge in [-0.15, -0.1) is 0 Å². The normalized spacial score (nSPS) is 11.7. The molecule has 0 saturated carbocycles. The standard InChI is InChI=1S/C12H11NO4/c1-9(8-12(14)15)6-7-10-4-2-3-5-11(10)13(16)17/h2-8H,1H3,(H,14,15)/b7-6+,9-8-. The summed E-state index contributed by atoms with van der Waals surface area (Å²) in [7, 11) is 0. The van der Waals surface area contributed by atoms with Crippen molar-refractivity contribution in [1.82, 2.24) is 0 Å². The minimum absolute atomic E-state index is 0.00752. The zero-order chi connectivity index (χ0) is 12.8. The van der Waals surface area contributed by atoms with E-state index >= 15 is 0 Å². The van der Waals surface area contributed by atoms with Gasteiger partial charge in [-0.2, -0.15) is 0 Å².